The van der Waals surface area contributed by atoms with Crippen LogP contribution >= 0.6 is 0 Å². The summed E-state index contributed by atoms with van der Waals surface area (Å²) >= 11 is 0. The molecule has 23 heavy (non-hydrogen) atoms. The number of alkyl halides is 1. The number of nitrogens with one attached hydrogen (secondary N) is 1. The maximum absolute atomic E-state index is 14.5. The summed E-state index contributed by atoms with van der Waals surface area (Å²) in [5, 5.41) is 3.34. The number of halogens is 1. The molecule has 128 valence electrons. The lowest BCUT2D eigenvalue weighted by Gasteiger charge is -2.37. The van der Waals surface area contributed by atoms with E-state index in [0.29, 0.717) is 13.0 Å². The fourth-order valence-corrected chi connectivity index (χ4v) is 2.74. The molecular weight excluding hydrogens is 295 g/mol. The molecule has 5 heteroatoms. The van der Waals surface area contributed by atoms with Crippen LogP contribution < -0.4 is 5.32 Å². The predicted molar refractivity (Wildman–Crippen MR) is 89.1 cm³/mol. The van der Waals surface area contributed by atoms with Crippen LogP contribution in [0.2, 0.25) is 0 Å². The van der Waals surface area contributed by atoms with Crippen molar-refractivity contribution in [3.8, 4) is 0 Å². The number of amides is 1. The van der Waals surface area contributed by atoms with Gasteiger partial charge in [0.25, 0.3) is 0 Å². The molecule has 1 aliphatic rings. The van der Waals surface area contributed by atoms with Crippen LogP contribution in [0, 0.1) is 0 Å². The quantitative estimate of drug-likeness (QED) is 0.923. The summed E-state index contributed by atoms with van der Waals surface area (Å²) in [5.74, 6) is 0. The van der Waals surface area contributed by atoms with Crippen molar-refractivity contribution < 1.29 is 13.9 Å². The van der Waals surface area contributed by atoms with Crippen LogP contribution in [0.4, 0.5) is 9.18 Å². The molecule has 1 aromatic carbocycles. The van der Waals surface area contributed by atoms with Gasteiger partial charge in [-0.3, -0.25) is 0 Å². The van der Waals surface area contributed by atoms with E-state index in [9.17, 15) is 9.18 Å². The lowest BCUT2D eigenvalue weighted by Crippen LogP contribution is -2.53. The van der Waals surface area contributed by atoms with Gasteiger partial charge in [0.1, 0.15) is 11.8 Å². The van der Waals surface area contributed by atoms with Gasteiger partial charge >= 0.3 is 6.09 Å². The monoisotopic (exact) mass is 322 g/mol. The first-order valence-electron chi connectivity index (χ1n) is 8.19. The van der Waals surface area contributed by atoms with E-state index in [0.717, 1.165) is 5.56 Å². The summed E-state index contributed by atoms with van der Waals surface area (Å²) in [7, 11) is 0. The summed E-state index contributed by atoms with van der Waals surface area (Å²) in [6, 6.07) is 9.81. The average molecular weight is 322 g/mol. The molecule has 1 amide bonds. The Kier molecular flexibility index (Phi) is 5.63. The molecule has 0 spiro atoms. The largest absolute Gasteiger partial charge is 0.444 e. The Hall–Kier alpha value is -1.62. The van der Waals surface area contributed by atoms with E-state index in [4.69, 9.17) is 4.74 Å². The van der Waals surface area contributed by atoms with Crippen molar-refractivity contribution in [3.05, 3.63) is 35.9 Å². The molecule has 1 aliphatic heterocycles. The number of carbonyl (C=O) groups excluding carboxylic acids is 1. The fourth-order valence-electron chi connectivity index (χ4n) is 2.74. The van der Waals surface area contributed by atoms with Crippen molar-refractivity contribution in [3.63, 3.8) is 0 Å². The highest BCUT2D eigenvalue weighted by Crippen LogP contribution is 2.21. The van der Waals surface area contributed by atoms with Crippen molar-refractivity contribution in [1.29, 1.82) is 0 Å². The Labute approximate surface area is 138 Å². The van der Waals surface area contributed by atoms with Crippen LogP contribution in [0.1, 0.15) is 45.7 Å². The number of nitrogens with zero attached hydrogens (tertiary/aromatic N) is 1. The van der Waals surface area contributed by atoms with E-state index in [2.05, 4.69) is 5.32 Å². The molecule has 0 bridgehead atoms. The van der Waals surface area contributed by atoms with Gasteiger partial charge in [0.15, 0.2) is 0 Å². The second-order valence-corrected chi connectivity index (χ2v) is 7.14. The number of likely N-dealkylation sites (tertiary alicyclic amines) is 1. The van der Waals surface area contributed by atoms with Crippen molar-refractivity contribution in [2.24, 2.45) is 0 Å². The van der Waals surface area contributed by atoms with E-state index < -0.39 is 17.9 Å². The van der Waals surface area contributed by atoms with Crippen LogP contribution in [0.3, 0.4) is 0 Å². The predicted octanol–water partition coefficient (Wildman–Crippen LogP) is 3.68. The molecule has 1 aromatic rings. The highest BCUT2D eigenvalue weighted by molar-refractivity contribution is 5.68. The maximum atomic E-state index is 14.5. The lowest BCUT2D eigenvalue weighted by molar-refractivity contribution is 0.00886. The summed E-state index contributed by atoms with van der Waals surface area (Å²) < 4.78 is 19.8. The molecule has 4 nitrogen and oxygen atoms in total. The zero-order valence-electron chi connectivity index (χ0n) is 14.4. The minimum absolute atomic E-state index is 0.0764. The molecule has 1 N–H and O–H groups in total. The first-order valence-corrected chi connectivity index (χ1v) is 8.19. The zero-order chi connectivity index (χ0) is 17.0. The van der Waals surface area contributed by atoms with E-state index in [1.165, 1.54) is 4.90 Å². The molecule has 0 aromatic heterocycles. The van der Waals surface area contributed by atoms with Gasteiger partial charge in [-0.2, -0.15) is 0 Å². The smallest absolute Gasteiger partial charge is 0.410 e. The number of piperidine rings is 1. The van der Waals surface area contributed by atoms with Gasteiger partial charge in [0, 0.05) is 18.6 Å². The number of hydrogen-bond donors (Lipinski definition) is 1. The topological polar surface area (TPSA) is 41.6 Å². The Morgan fingerprint density at radius 1 is 1.35 bits per heavy atom. The van der Waals surface area contributed by atoms with Crippen LogP contribution in [-0.4, -0.2) is 41.9 Å². The Bertz CT molecular complexity index is 516. The van der Waals surface area contributed by atoms with E-state index in [-0.39, 0.29) is 18.6 Å². The second kappa shape index (κ2) is 7.30. The van der Waals surface area contributed by atoms with Crippen LogP contribution in [-0.2, 0) is 4.74 Å². The average Bonchev–Trinajstić information content (AvgIpc) is 2.48. The maximum Gasteiger partial charge on any atom is 0.410 e. The van der Waals surface area contributed by atoms with Crippen LogP contribution in [0.25, 0.3) is 0 Å². The van der Waals surface area contributed by atoms with E-state index in [1.807, 2.05) is 58.0 Å². The standard InChI is InChI=1S/C18H27FN2O2/c1-13(14-8-6-5-7-9-14)20-16-10-11-21(12-15(16)19)17(22)23-18(2,3)4/h5-9,13,15-16,20H,10-12H2,1-4H3. The normalized spacial score (nSPS) is 23.4. The summed E-state index contributed by atoms with van der Waals surface area (Å²) in [6.45, 7) is 8.06. The third kappa shape index (κ3) is 5.20. The summed E-state index contributed by atoms with van der Waals surface area (Å²) in [4.78, 5) is 13.5. The Morgan fingerprint density at radius 2 is 2.00 bits per heavy atom. The van der Waals surface area contributed by atoms with Gasteiger partial charge in [-0.05, 0) is 39.7 Å². The van der Waals surface area contributed by atoms with Crippen LogP contribution in [0.15, 0.2) is 30.3 Å². The minimum atomic E-state index is -1.09. The molecule has 0 aliphatic carbocycles. The third-order valence-electron chi connectivity index (χ3n) is 3.96. The number of carbonyl (C=O) groups is 1. The molecule has 1 heterocycles. The van der Waals surface area contributed by atoms with Crippen molar-refractivity contribution in [2.45, 2.75) is 58.0 Å². The number of benzene rings is 1. The molecule has 1 saturated heterocycles. The highest BCUT2D eigenvalue weighted by Gasteiger charge is 2.34. The minimum Gasteiger partial charge on any atom is -0.444 e. The van der Waals surface area contributed by atoms with Gasteiger partial charge in [-0.15, -0.1) is 0 Å². The van der Waals surface area contributed by atoms with Gasteiger partial charge < -0.3 is 15.0 Å². The highest BCUT2D eigenvalue weighted by atomic mass is 19.1. The van der Waals surface area contributed by atoms with Gasteiger partial charge in [-0.25, -0.2) is 9.18 Å². The fraction of sp³-hybridized carbons (Fsp3) is 0.611. The first-order chi connectivity index (χ1) is 10.8. The van der Waals surface area contributed by atoms with Crippen LogP contribution in [0.5, 0.6) is 0 Å². The van der Waals surface area contributed by atoms with Crippen molar-refractivity contribution in [1.82, 2.24) is 10.2 Å². The summed E-state index contributed by atoms with van der Waals surface area (Å²) in [6.07, 6.45) is -0.949. The zero-order valence-corrected chi connectivity index (χ0v) is 14.4. The second-order valence-electron chi connectivity index (χ2n) is 7.14. The molecule has 3 atom stereocenters. The molecule has 0 saturated carbocycles. The molecule has 2 rings (SSSR count). The number of ether oxygens (including phenoxy) is 1. The van der Waals surface area contributed by atoms with Gasteiger partial charge in [-0.1, -0.05) is 30.3 Å². The first kappa shape index (κ1) is 17.7. The molecule has 1 fully saturated rings. The lowest BCUT2D eigenvalue weighted by atomic mass is 10.0. The van der Waals surface area contributed by atoms with Gasteiger partial charge in [0.05, 0.1) is 6.54 Å². The summed E-state index contributed by atoms with van der Waals surface area (Å²) in [5.41, 5.74) is 0.578. The Morgan fingerprint density at radius 3 is 2.57 bits per heavy atom. The van der Waals surface area contributed by atoms with Gasteiger partial charge in [0.2, 0.25) is 0 Å². The molecular formula is C18H27FN2O2. The SMILES string of the molecule is CC(NC1CCN(C(=O)OC(C)(C)C)CC1F)c1ccccc1. The Balaban J connectivity index is 1.88. The number of rotatable bonds is 3. The molecule has 0 radical (unpaired) electrons. The van der Waals surface area contributed by atoms with Crippen molar-refractivity contribution >= 4 is 6.09 Å². The van der Waals surface area contributed by atoms with E-state index >= 15 is 0 Å². The van der Waals surface area contributed by atoms with Crippen molar-refractivity contribution in [2.75, 3.05) is 13.1 Å². The number of hydrogen-bond acceptors (Lipinski definition) is 3. The third-order valence-corrected chi connectivity index (χ3v) is 3.96. The van der Waals surface area contributed by atoms with E-state index in [1.54, 1.807) is 0 Å². The molecule has 3 unspecified atom stereocenters.